The minimum absolute atomic E-state index is 0.200. The molecule has 1 amide bonds. The van der Waals surface area contributed by atoms with Gasteiger partial charge in [-0.2, -0.15) is 0 Å². The molecule has 0 bridgehead atoms. The number of amides is 1. The van der Waals surface area contributed by atoms with Crippen molar-refractivity contribution < 1.29 is 9.18 Å². The largest absolute Gasteiger partial charge is 0.379 e. The van der Waals surface area contributed by atoms with Crippen molar-refractivity contribution in [1.29, 1.82) is 0 Å². The molecule has 0 aliphatic rings. The molecule has 2 rings (SSSR count). The lowest BCUT2D eigenvalue weighted by molar-refractivity contribution is -0.114. The molecule has 3 nitrogen and oxygen atoms in total. The Morgan fingerprint density at radius 2 is 2.05 bits per heavy atom. The topological polar surface area (TPSA) is 41.1 Å². The van der Waals surface area contributed by atoms with Crippen LogP contribution in [0.4, 0.5) is 15.8 Å². The summed E-state index contributed by atoms with van der Waals surface area (Å²) in [7, 11) is 0. The van der Waals surface area contributed by atoms with E-state index in [9.17, 15) is 9.18 Å². The molecule has 0 saturated heterocycles. The van der Waals surface area contributed by atoms with E-state index in [-0.39, 0.29) is 11.7 Å². The van der Waals surface area contributed by atoms with E-state index in [1.807, 2.05) is 12.1 Å². The molecule has 0 spiro atoms. The third-order valence-corrected chi connectivity index (χ3v) is 3.97. The Labute approximate surface area is 135 Å². The normalized spacial score (nSPS) is 10.3. The summed E-state index contributed by atoms with van der Waals surface area (Å²) in [5, 5.41) is 6.24. The first-order valence-corrected chi connectivity index (χ1v) is 7.38. The average Bonchev–Trinajstić information content (AvgIpc) is 2.42. The summed E-state index contributed by atoms with van der Waals surface area (Å²) in [5.74, 6) is -0.577. The number of anilines is 2. The zero-order valence-electron chi connectivity index (χ0n) is 11.2. The highest BCUT2D eigenvalue weighted by atomic mass is 79.9. The summed E-state index contributed by atoms with van der Waals surface area (Å²) in [4.78, 5) is 11.0. The van der Waals surface area contributed by atoms with Crippen molar-refractivity contribution in [1.82, 2.24) is 0 Å². The highest BCUT2D eigenvalue weighted by Gasteiger charge is 2.05. The number of carbonyl (C=O) groups excluding carboxylic acids is 1. The second-order valence-corrected chi connectivity index (χ2v) is 5.74. The Kier molecular flexibility index (Phi) is 5.20. The second-order valence-electron chi connectivity index (χ2n) is 4.48. The molecular formula is C15H13BrClFN2O. The van der Waals surface area contributed by atoms with E-state index in [0.29, 0.717) is 22.9 Å². The van der Waals surface area contributed by atoms with Gasteiger partial charge >= 0.3 is 0 Å². The summed E-state index contributed by atoms with van der Waals surface area (Å²) >= 11 is 9.27. The molecule has 0 atom stereocenters. The van der Waals surface area contributed by atoms with Gasteiger partial charge in [-0.15, -0.1) is 0 Å². The van der Waals surface area contributed by atoms with Gasteiger partial charge in [0.15, 0.2) is 0 Å². The minimum atomic E-state index is -0.378. The standard InChI is InChI=1S/C15H13BrClFN2O/c1-9(21)20-11-3-5-14(18)15(7-11)19-8-10-2-4-13(17)12(16)6-10/h2-7,19H,8H2,1H3,(H,20,21). The quantitative estimate of drug-likeness (QED) is 0.809. The summed E-state index contributed by atoms with van der Waals surface area (Å²) in [6, 6.07) is 9.88. The fourth-order valence-electron chi connectivity index (χ4n) is 1.79. The van der Waals surface area contributed by atoms with E-state index in [1.165, 1.54) is 19.1 Å². The van der Waals surface area contributed by atoms with Crippen molar-refractivity contribution >= 4 is 44.8 Å². The van der Waals surface area contributed by atoms with Gasteiger partial charge in [0.2, 0.25) is 5.91 Å². The van der Waals surface area contributed by atoms with Crippen LogP contribution in [0.25, 0.3) is 0 Å². The van der Waals surface area contributed by atoms with Crippen molar-refractivity contribution in [2.75, 3.05) is 10.6 Å². The molecule has 6 heteroatoms. The van der Waals surface area contributed by atoms with Crippen LogP contribution in [0.1, 0.15) is 12.5 Å². The van der Waals surface area contributed by atoms with Crippen LogP contribution in [0.2, 0.25) is 5.02 Å². The van der Waals surface area contributed by atoms with Gasteiger partial charge in [-0.25, -0.2) is 4.39 Å². The van der Waals surface area contributed by atoms with Gasteiger partial charge in [0.05, 0.1) is 10.7 Å². The molecule has 0 aromatic heterocycles. The van der Waals surface area contributed by atoms with Crippen LogP contribution >= 0.6 is 27.5 Å². The predicted molar refractivity (Wildman–Crippen MR) is 87.2 cm³/mol. The lowest BCUT2D eigenvalue weighted by atomic mass is 10.2. The van der Waals surface area contributed by atoms with Crippen LogP contribution in [0.15, 0.2) is 40.9 Å². The Morgan fingerprint density at radius 1 is 1.29 bits per heavy atom. The van der Waals surface area contributed by atoms with Gasteiger partial charge in [0.1, 0.15) is 5.82 Å². The van der Waals surface area contributed by atoms with Crippen LogP contribution in [0.5, 0.6) is 0 Å². The molecular weight excluding hydrogens is 359 g/mol. The summed E-state index contributed by atoms with van der Waals surface area (Å²) in [6.07, 6.45) is 0. The third-order valence-electron chi connectivity index (χ3n) is 2.75. The minimum Gasteiger partial charge on any atom is -0.379 e. The van der Waals surface area contributed by atoms with Gasteiger partial charge in [-0.3, -0.25) is 4.79 Å². The Hall–Kier alpha value is -1.59. The molecule has 2 aromatic carbocycles. The first kappa shape index (κ1) is 15.8. The zero-order chi connectivity index (χ0) is 15.4. The van der Waals surface area contributed by atoms with E-state index in [2.05, 4.69) is 26.6 Å². The molecule has 0 heterocycles. The van der Waals surface area contributed by atoms with E-state index < -0.39 is 0 Å². The van der Waals surface area contributed by atoms with Crippen LogP contribution in [-0.4, -0.2) is 5.91 Å². The van der Waals surface area contributed by atoms with E-state index in [0.717, 1.165) is 10.0 Å². The van der Waals surface area contributed by atoms with Gasteiger partial charge in [0, 0.05) is 23.6 Å². The smallest absolute Gasteiger partial charge is 0.221 e. The summed E-state index contributed by atoms with van der Waals surface area (Å²) in [5.41, 5.74) is 1.83. The van der Waals surface area contributed by atoms with E-state index in [1.54, 1.807) is 12.1 Å². The van der Waals surface area contributed by atoms with Crippen molar-refractivity contribution in [3.8, 4) is 0 Å². The van der Waals surface area contributed by atoms with Crippen molar-refractivity contribution in [2.24, 2.45) is 0 Å². The molecule has 2 aromatic rings. The van der Waals surface area contributed by atoms with Gasteiger partial charge in [-0.05, 0) is 51.8 Å². The summed E-state index contributed by atoms with van der Waals surface area (Å²) < 4.78 is 14.5. The number of carbonyl (C=O) groups is 1. The molecule has 0 aliphatic carbocycles. The molecule has 0 fully saturated rings. The number of hydrogen-bond acceptors (Lipinski definition) is 2. The van der Waals surface area contributed by atoms with Crippen molar-refractivity contribution in [2.45, 2.75) is 13.5 Å². The SMILES string of the molecule is CC(=O)Nc1ccc(F)c(NCc2ccc(Cl)c(Br)c2)c1. The number of halogens is 3. The highest BCUT2D eigenvalue weighted by molar-refractivity contribution is 9.10. The molecule has 0 unspecified atom stereocenters. The maximum Gasteiger partial charge on any atom is 0.221 e. The molecule has 21 heavy (non-hydrogen) atoms. The molecule has 0 aliphatic heterocycles. The third kappa shape index (κ3) is 4.44. The van der Waals surface area contributed by atoms with Gasteiger partial charge in [0.25, 0.3) is 0 Å². The number of hydrogen-bond donors (Lipinski definition) is 2. The number of benzene rings is 2. The summed E-state index contributed by atoms with van der Waals surface area (Å²) in [6.45, 7) is 1.85. The Morgan fingerprint density at radius 3 is 2.71 bits per heavy atom. The first-order valence-electron chi connectivity index (χ1n) is 6.20. The fraction of sp³-hybridized carbons (Fsp3) is 0.133. The van der Waals surface area contributed by atoms with Gasteiger partial charge < -0.3 is 10.6 Å². The van der Waals surface area contributed by atoms with Crippen molar-refractivity contribution in [3.63, 3.8) is 0 Å². The predicted octanol–water partition coefficient (Wildman–Crippen LogP) is 4.81. The molecule has 0 saturated carbocycles. The number of rotatable bonds is 4. The zero-order valence-corrected chi connectivity index (χ0v) is 13.6. The van der Waals surface area contributed by atoms with Crippen LogP contribution in [0.3, 0.4) is 0 Å². The number of nitrogens with one attached hydrogen (secondary N) is 2. The first-order chi connectivity index (χ1) is 9.95. The van der Waals surface area contributed by atoms with Gasteiger partial charge in [-0.1, -0.05) is 17.7 Å². The monoisotopic (exact) mass is 370 g/mol. The van der Waals surface area contributed by atoms with Crippen LogP contribution < -0.4 is 10.6 Å². The van der Waals surface area contributed by atoms with E-state index in [4.69, 9.17) is 11.6 Å². The Balaban J connectivity index is 2.11. The molecule has 110 valence electrons. The lowest BCUT2D eigenvalue weighted by Gasteiger charge is -2.10. The maximum atomic E-state index is 13.7. The van der Waals surface area contributed by atoms with Crippen LogP contribution in [0, 0.1) is 5.82 Å². The lowest BCUT2D eigenvalue weighted by Crippen LogP contribution is -2.07. The maximum absolute atomic E-state index is 13.7. The Bertz CT molecular complexity index is 679. The van der Waals surface area contributed by atoms with Crippen LogP contribution in [-0.2, 0) is 11.3 Å². The molecule has 0 radical (unpaired) electrons. The van der Waals surface area contributed by atoms with E-state index >= 15 is 0 Å². The highest BCUT2D eigenvalue weighted by Crippen LogP contribution is 2.24. The molecule has 2 N–H and O–H groups in total. The fourth-order valence-corrected chi connectivity index (χ4v) is 2.33. The second kappa shape index (κ2) is 6.91. The average molecular weight is 372 g/mol. The van der Waals surface area contributed by atoms with Crippen molar-refractivity contribution in [3.05, 3.63) is 57.3 Å².